The second-order valence-electron chi connectivity index (χ2n) is 6.14. The summed E-state index contributed by atoms with van der Waals surface area (Å²) in [4.78, 5) is 24.3. The van der Waals surface area contributed by atoms with Crippen molar-refractivity contribution in [3.05, 3.63) is 41.1 Å². The molecule has 1 amide bonds. The zero-order chi connectivity index (χ0) is 18.5. The summed E-state index contributed by atoms with van der Waals surface area (Å²) >= 11 is 12.1. The number of ketones is 1. The number of ether oxygens (including phenoxy) is 2. The number of halogens is 2. The highest BCUT2D eigenvalue weighted by atomic mass is 35.5. The van der Waals surface area contributed by atoms with E-state index >= 15 is 0 Å². The van der Waals surface area contributed by atoms with Gasteiger partial charge in [-0.3, -0.25) is 9.59 Å². The fourth-order valence-electron chi connectivity index (χ4n) is 2.97. The molecule has 1 aliphatic heterocycles. The molecule has 1 saturated carbocycles. The maximum atomic E-state index is 12.5. The molecule has 8 heteroatoms. The van der Waals surface area contributed by atoms with E-state index in [4.69, 9.17) is 32.7 Å². The van der Waals surface area contributed by atoms with Crippen LogP contribution in [0.3, 0.4) is 0 Å². The van der Waals surface area contributed by atoms with Crippen molar-refractivity contribution in [3.8, 4) is 5.75 Å². The first-order valence-corrected chi connectivity index (χ1v) is 9.09. The van der Waals surface area contributed by atoms with Crippen LogP contribution in [0, 0.1) is 5.92 Å². The SMILES string of the molecule is O=C(COc1ccccc1Cl)N/N=C/C1=COC2CCC(Cl)CC2C1=O. The fourth-order valence-corrected chi connectivity index (χ4v) is 3.48. The maximum Gasteiger partial charge on any atom is 0.277 e. The predicted molar refractivity (Wildman–Crippen MR) is 98.5 cm³/mol. The Balaban J connectivity index is 1.50. The summed E-state index contributed by atoms with van der Waals surface area (Å²) in [6, 6.07) is 6.84. The van der Waals surface area contributed by atoms with E-state index in [2.05, 4.69) is 10.5 Å². The van der Waals surface area contributed by atoms with Gasteiger partial charge < -0.3 is 9.47 Å². The van der Waals surface area contributed by atoms with Crippen molar-refractivity contribution in [3.63, 3.8) is 0 Å². The Morgan fingerprint density at radius 3 is 3.00 bits per heavy atom. The highest BCUT2D eigenvalue weighted by molar-refractivity contribution is 6.32. The van der Waals surface area contributed by atoms with Crippen molar-refractivity contribution in [2.45, 2.75) is 30.7 Å². The largest absolute Gasteiger partial charge is 0.496 e. The number of alkyl halides is 1. The van der Waals surface area contributed by atoms with Gasteiger partial charge in [-0.05, 0) is 31.4 Å². The van der Waals surface area contributed by atoms with Gasteiger partial charge in [0.1, 0.15) is 11.9 Å². The summed E-state index contributed by atoms with van der Waals surface area (Å²) in [5.74, 6) is -0.373. The minimum Gasteiger partial charge on any atom is -0.496 e. The van der Waals surface area contributed by atoms with Crippen molar-refractivity contribution < 1.29 is 19.1 Å². The monoisotopic (exact) mass is 396 g/mol. The van der Waals surface area contributed by atoms with Gasteiger partial charge in [0.15, 0.2) is 12.4 Å². The molecule has 0 radical (unpaired) electrons. The third-order valence-corrected chi connectivity index (χ3v) is 5.01. The first kappa shape index (κ1) is 18.7. The van der Waals surface area contributed by atoms with Crippen molar-refractivity contribution >= 4 is 41.1 Å². The number of nitrogens with zero attached hydrogens (tertiary/aromatic N) is 1. The Bertz CT molecular complexity index is 750. The topological polar surface area (TPSA) is 77.0 Å². The number of benzene rings is 1. The first-order chi connectivity index (χ1) is 12.5. The van der Waals surface area contributed by atoms with Crippen molar-refractivity contribution in [2.75, 3.05) is 6.61 Å². The van der Waals surface area contributed by atoms with Crippen LogP contribution in [-0.2, 0) is 14.3 Å². The molecule has 0 bridgehead atoms. The van der Waals surface area contributed by atoms with Gasteiger partial charge in [0.25, 0.3) is 5.91 Å². The van der Waals surface area contributed by atoms with Crippen LogP contribution in [0.5, 0.6) is 5.75 Å². The van der Waals surface area contributed by atoms with Crippen LogP contribution in [0.25, 0.3) is 0 Å². The van der Waals surface area contributed by atoms with Crippen molar-refractivity contribution in [1.82, 2.24) is 5.43 Å². The summed E-state index contributed by atoms with van der Waals surface area (Å²) in [6.45, 7) is -0.247. The van der Waals surface area contributed by atoms with E-state index in [0.29, 0.717) is 22.8 Å². The molecule has 26 heavy (non-hydrogen) atoms. The van der Waals surface area contributed by atoms with Gasteiger partial charge in [0, 0.05) is 5.38 Å². The number of allylic oxidation sites excluding steroid dienone is 1. The Kier molecular flexibility index (Phi) is 6.16. The zero-order valence-corrected chi connectivity index (χ0v) is 15.4. The van der Waals surface area contributed by atoms with E-state index in [1.165, 1.54) is 12.5 Å². The first-order valence-electron chi connectivity index (χ1n) is 8.27. The summed E-state index contributed by atoms with van der Waals surface area (Å²) < 4.78 is 10.9. The van der Waals surface area contributed by atoms with Gasteiger partial charge >= 0.3 is 0 Å². The number of hydrogen-bond acceptors (Lipinski definition) is 5. The lowest BCUT2D eigenvalue weighted by molar-refractivity contribution is -0.126. The van der Waals surface area contributed by atoms with Crippen LogP contribution in [0.2, 0.25) is 5.02 Å². The lowest BCUT2D eigenvalue weighted by Crippen LogP contribution is -2.40. The van der Waals surface area contributed by atoms with Crippen LogP contribution < -0.4 is 10.2 Å². The van der Waals surface area contributed by atoms with Gasteiger partial charge in [-0.1, -0.05) is 23.7 Å². The van der Waals surface area contributed by atoms with Crippen LogP contribution in [0.15, 0.2) is 41.2 Å². The molecule has 3 unspecified atom stereocenters. The normalized spacial score (nSPS) is 25.2. The van der Waals surface area contributed by atoms with Crippen LogP contribution in [0.1, 0.15) is 19.3 Å². The lowest BCUT2D eigenvalue weighted by Gasteiger charge is -2.35. The molecule has 1 fully saturated rings. The number of hydrazone groups is 1. The van der Waals surface area contributed by atoms with Gasteiger partial charge in [0.05, 0.1) is 29.0 Å². The van der Waals surface area contributed by atoms with E-state index < -0.39 is 5.91 Å². The van der Waals surface area contributed by atoms with E-state index in [1.807, 2.05) is 0 Å². The molecular weight excluding hydrogens is 379 g/mol. The standard InChI is InChI=1S/C18H18Cl2N2O4/c19-12-5-6-15-13(7-12)18(24)11(9-25-15)8-21-22-17(23)10-26-16-4-2-1-3-14(16)20/h1-4,8-9,12-13,15H,5-7,10H2,(H,22,23)/b21-8+. The molecule has 1 aromatic carbocycles. The minimum absolute atomic E-state index is 0.0123. The molecule has 6 nitrogen and oxygen atoms in total. The molecule has 0 spiro atoms. The summed E-state index contributed by atoms with van der Waals surface area (Å²) in [6.07, 6.45) is 4.76. The molecular formula is C18H18Cl2N2O4. The second kappa shape index (κ2) is 8.56. The highest BCUT2D eigenvalue weighted by Crippen LogP contribution is 2.34. The number of rotatable bonds is 5. The third kappa shape index (κ3) is 4.56. The number of fused-ring (bicyclic) bond motifs is 1. The molecule has 1 N–H and O–H groups in total. The second-order valence-corrected chi connectivity index (χ2v) is 7.17. The fraction of sp³-hybridized carbons (Fsp3) is 0.389. The molecule has 2 aliphatic rings. The molecule has 1 aromatic rings. The lowest BCUT2D eigenvalue weighted by atomic mass is 9.80. The molecule has 1 heterocycles. The van der Waals surface area contributed by atoms with Crippen LogP contribution >= 0.6 is 23.2 Å². The van der Waals surface area contributed by atoms with Crippen molar-refractivity contribution in [1.29, 1.82) is 0 Å². The number of carbonyl (C=O) groups excluding carboxylic acids is 2. The van der Waals surface area contributed by atoms with Crippen molar-refractivity contribution in [2.24, 2.45) is 11.0 Å². The van der Waals surface area contributed by atoms with Gasteiger partial charge in [-0.25, -0.2) is 5.43 Å². The molecule has 1 aliphatic carbocycles. The summed E-state index contributed by atoms with van der Waals surface area (Å²) in [5, 5.41) is 4.20. The maximum absolute atomic E-state index is 12.5. The quantitative estimate of drug-likeness (QED) is 0.471. The van der Waals surface area contributed by atoms with E-state index in [1.54, 1.807) is 24.3 Å². The number of para-hydroxylation sites is 1. The van der Waals surface area contributed by atoms with Crippen LogP contribution in [-0.4, -0.2) is 36.0 Å². The summed E-state index contributed by atoms with van der Waals surface area (Å²) in [5.41, 5.74) is 2.62. The van der Waals surface area contributed by atoms with E-state index in [0.717, 1.165) is 12.8 Å². The highest BCUT2D eigenvalue weighted by Gasteiger charge is 2.39. The number of Topliss-reactive ketones (excluding diaryl/α,β-unsaturated/α-hetero) is 1. The molecule has 3 atom stereocenters. The van der Waals surface area contributed by atoms with Gasteiger partial charge in [0.2, 0.25) is 0 Å². The van der Waals surface area contributed by atoms with Gasteiger partial charge in [-0.15, -0.1) is 11.6 Å². The Morgan fingerprint density at radius 1 is 1.38 bits per heavy atom. The predicted octanol–water partition coefficient (Wildman–Crippen LogP) is 3.08. The molecule has 0 saturated heterocycles. The number of nitrogens with one attached hydrogen (secondary N) is 1. The molecule has 0 aromatic heterocycles. The number of hydrogen-bond donors (Lipinski definition) is 1. The van der Waals surface area contributed by atoms with E-state index in [9.17, 15) is 9.59 Å². The third-order valence-electron chi connectivity index (χ3n) is 4.30. The zero-order valence-electron chi connectivity index (χ0n) is 13.9. The average Bonchev–Trinajstić information content (AvgIpc) is 2.63. The van der Waals surface area contributed by atoms with Crippen LogP contribution in [0.4, 0.5) is 0 Å². The minimum atomic E-state index is -0.470. The summed E-state index contributed by atoms with van der Waals surface area (Å²) in [7, 11) is 0. The van der Waals surface area contributed by atoms with Gasteiger partial charge in [-0.2, -0.15) is 5.10 Å². The number of carbonyl (C=O) groups is 2. The Labute approximate surface area is 161 Å². The number of amides is 1. The molecule has 3 rings (SSSR count). The average molecular weight is 397 g/mol. The van der Waals surface area contributed by atoms with E-state index in [-0.39, 0.29) is 29.8 Å². The molecule has 138 valence electrons. The smallest absolute Gasteiger partial charge is 0.277 e. The Morgan fingerprint density at radius 2 is 2.19 bits per heavy atom. The Hall–Kier alpha value is -2.05.